The first-order valence-electron chi connectivity index (χ1n) is 8.55. The van der Waals surface area contributed by atoms with Crippen LogP contribution in [0.1, 0.15) is 33.1 Å². The zero-order valence-electron chi connectivity index (χ0n) is 14.6. The molecule has 0 fully saturated rings. The summed E-state index contributed by atoms with van der Waals surface area (Å²) in [7, 11) is 0. The fourth-order valence-electron chi connectivity index (χ4n) is 2.34. The van der Waals surface area contributed by atoms with E-state index in [0.717, 1.165) is 6.42 Å². The van der Waals surface area contributed by atoms with E-state index in [9.17, 15) is 9.59 Å². The molecule has 0 aliphatic rings. The van der Waals surface area contributed by atoms with Crippen molar-refractivity contribution in [1.82, 2.24) is 0 Å². The largest absolute Gasteiger partial charge is 0.481 e. The average molecular weight is 340 g/mol. The van der Waals surface area contributed by atoms with E-state index in [2.05, 4.69) is 10.6 Å². The second-order valence-electron chi connectivity index (χ2n) is 5.66. The van der Waals surface area contributed by atoms with Crippen LogP contribution in [0.2, 0.25) is 0 Å². The topological polar surface area (TPSA) is 67.4 Å². The summed E-state index contributed by atoms with van der Waals surface area (Å²) in [5.74, 6) is 0.328. The Morgan fingerprint density at radius 2 is 1.52 bits per heavy atom. The summed E-state index contributed by atoms with van der Waals surface area (Å²) < 4.78 is 5.76. The van der Waals surface area contributed by atoms with Crippen LogP contribution in [-0.4, -0.2) is 17.9 Å². The number of ether oxygens (including phenoxy) is 1. The first-order chi connectivity index (χ1) is 12.1. The lowest BCUT2D eigenvalue weighted by atomic mass is 10.2. The summed E-state index contributed by atoms with van der Waals surface area (Å²) >= 11 is 0. The number of rotatable bonds is 8. The van der Waals surface area contributed by atoms with Gasteiger partial charge in [-0.3, -0.25) is 9.59 Å². The highest BCUT2D eigenvalue weighted by Crippen LogP contribution is 2.22. The number of amides is 2. The van der Waals surface area contributed by atoms with Gasteiger partial charge in [0.2, 0.25) is 5.91 Å². The minimum atomic E-state index is -0.609. The van der Waals surface area contributed by atoms with E-state index in [0.29, 0.717) is 30.0 Å². The smallest absolute Gasteiger partial charge is 0.265 e. The maximum atomic E-state index is 12.6. The molecule has 5 nitrogen and oxygen atoms in total. The monoisotopic (exact) mass is 340 g/mol. The van der Waals surface area contributed by atoms with Crippen LogP contribution in [0.4, 0.5) is 11.4 Å². The van der Waals surface area contributed by atoms with Crippen molar-refractivity contribution in [3.63, 3.8) is 0 Å². The van der Waals surface area contributed by atoms with Gasteiger partial charge >= 0.3 is 0 Å². The minimum Gasteiger partial charge on any atom is -0.481 e. The number of hydrogen-bond donors (Lipinski definition) is 2. The molecule has 1 atom stereocenters. The molecular formula is C20H24N2O3. The standard InChI is InChI=1S/C20H24N2O3/c1-3-10-19(23)21-16-13-8-9-14-17(16)22-20(24)18(4-2)25-15-11-6-5-7-12-15/h5-9,11-14,18H,3-4,10H2,1-2H3,(H,21,23)(H,22,24). The lowest BCUT2D eigenvalue weighted by Gasteiger charge is -2.18. The van der Waals surface area contributed by atoms with E-state index >= 15 is 0 Å². The summed E-state index contributed by atoms with van der Waals surface area (Å²) in [6, 6.07) is 16.4. The third kappa shape index (κ3) is 5.64. The zero-order chi connectivity index (χ0) is 18.1. The maximum Gasteiger partial charge on any atom is 0.265 e. The van der Waals surface area contributed by atoms with Gasteiger partial charge in [0.1, 0.15) is 5.75 Å². The lowest BCUT2D eigenvalue weighted by molar-refractivity contribution is -0.123. The molecule has 2 amide bonds. The molecule has 0 aliphatic heterocycles. The normalized spacial score (nSPS) is 11.4. The van der Waals surface area contributed by atoms with Crippen LogP contribution in [0.5, 0.6) is 5.75 Å². The molecule has 2 rings (SSSR count). The van der Waals surface area contributed by atoms with Gasteiger partial charge in [-0.1, -0.05) is 44.2 Å². The highest BCUT2D eigenvalue weighted by molar-refractivity contribution is 6.01. The Hall–Kier alpha value is -2.82. The van der Waals surface area contributed by atoms with Gasteiger partial charge in [0.15, 0.2) is 6.10 Å². The second-order valence-corrected chi connectivity index (χ2v) is 5.66. The van der Waals surface area contributed by atoms with E-state index in [1.165, 1.54) is 0 Å². The molecule has 0 aromatic heterocycles. The van der Waals surface area contributed by atoms with E-state index in [4.69, 9.17) is 4.74 Å². The second kappa shape index (κ2) is 9.47. The summed E-state index contributed by atoms with van der Waals surface area (Å²) in [5.41, 5.74) is 1.15. The van der Waals surface area contributed by atoms with Crippen LogP contribution in [0.3, 0.4) is 0 Å². The third-order valence-corrected chi connectivity index (χ3v) is 3.62. The highest BCUT2D eigenvalue weighted by Gasteiger charge is 2.19. The van der Waals surface area contributed by atoms with Gasteiger partial charge in [-0.2, -0.15) is 0 Å². The number of carbonyl (C=O) groups excluding carboxylic acids is 2. The maximum absolute atomic E-state index is 12.6. The van der Waals surface area contributed by atoms with Crippen LogP contribution < -0.4 is 15.4 Å². The summed E-state index contributed by atoms with van der Waals surface area (Å²) in [6.07, 6.45) is 1.13. The van der Waals surface area contributed by atoms with Crippen molar-refractivity contribution >= 4 is 23.2 Å². The SMILES string of the molecule is CCCC(=O)Nc1ccccc1NC(=O)C(CC)Oc1ccccc1. The lowest BCUT2D eigenvalue weighted by Crippen LogP contribution is -2.32. The highest BCUT2D eigenvalue weighted by atomic mass is 16.5. The van der Waals surface area contributed by atoms with Gasteiger partial charge < -0.3 is 15.4 Å². The summed E-state index contributed by atoms with van der Waals surface area (Å²) in [6.45, 7) is 3.84. The molecule has 2 aromatic rings. The predicted molar refractivity (Wildman–Crippen MR) is 99.8 cm³/mol. The Kier molecular flexibility index (Phi) is 7.01. The van der Waals surface area contributed by atoms with Crippen molar-refractivity contribution < 1.29 is 14.3 Å². The molecule has 0 aliphatic carbocycles. The average Bonchev–Trinajstić information content (AvgIpc) is 2.62. The molecule has 0 radical (unpaired) electrons. The molecule has 0 heterocycles. The predicted octanol–water partition coefficient (Wildman–Crippen LogP) is 4.22. The fourth-order valence-corrected chi connectivity index (χ4v) is 2.34. The van der Waals surface area contributed by atoms with Gasteiger partial charge in [0.25, 0.3) is 5.91 Å². The first kappa shape index (κ1) is 18.5. The number of nitrogens with one attached hydrogen (secondary N) is 2. The van der Waals surface area contributed by atoms with E-state index < -0.39 is 6.10 Å². The zero-order valence-corrected chi connectivity index (χ0v) is 14.6. The van der Waals surface area contributed by atoms with Gasteiger partial charge in [-0.15, -0.1) is 0 Å². The van der Waals surface area contributed by atoms with Crippen LogP contribution in [0.15, 0.2) is 54.6 Å². The molecule has 1 unspecified atom stereocenters. The van der Waals surface area contributed by atoms with Crippen molar-refractivity contribution in [1.29, 1.82) is 0 Å². The van der Waals surface area contributed by atoms with Crippen molar-refractivity contribution in [3.05, 3.63) is 54.6 Å². The molecule has 132 valence electrons. The molecule has 0 bridgehead atoms. The number of anilines is 2. The van der Waals surface area contributed by atoms with E-state index in [-0.39, 0.29) is 11.8 Å². The van der Waals surface area contributed by atoms with Crippen LogP contribution in [-0.2, 0) is 9.59 Å². The van der Waals surface area contributed by atoms with Crippen LogP contribution in [0.25, 0.3) is 0 Å². The Balaban J connectivity index is 2.07. The summed E-state index contributed by atoms with van der Waals surface area (Å²) in [5, 5.41) is 5.68. The van der Waals surface area contributed by atoms with Gasteiger partial charge in [0.05, 0.1) is 11.4 Å². The first-order valence-corrected chi connectivity index (χ1v) is 8.55. The number of carbonyl (C=O) groups is 2. The van der Waals surface area contributed by atoms with Gasteiger partial charge in [-0.25, -0.2) is 0 Å². The molecular weight excluding hydrogens is 316 g/mol. The number of benzene rings is 2. The number of hydrogen-bond acceptors (Lipinski definition) is 3. The molecule has 2 aromatic carbocycles. The Morgan fingerprint density at radius 1 is 0.920 bits per heavy atom. The quantitative estimate of drug-likeness (QED) is 0.756. The fraction of sp³-hybridized carbons (Fsp3) is 0.300. The minimum absolute atomic E-state index is 0.0724. The Labute approximate surface area is 148 Å². The van der Waals surface area contributed by atoms with E-state index in [1.807, 2.05) is 56.3 Å². The molecule has 0 spiro atoms. The summed E-state index contributed by atoms with van der Waals surface area (Å²) in [4.78, 5) is 24.4. The number of para-hydroxylation sites is 3. The van der Waals surface area contributed by atoms with Crippen molar-refractivity contribution in [2.75, 3.05) is 10.6 Å². The van der Waals surface area contributed by atoms with Gasteiger partial charge in [0, 0.05) is 6.42 Å². The molecule has 5 heteroatoms. The molecule has 0 saturated heterocycles. The molecule has 2 N–H and O–H groups in total. The molecule has 25 heavy (non-hydrogen) atoms. The Bertz CT molecular complexity index is 701. The van der Waals surface area contributed by atoms with Crippen LogP contribution >= 0.6 is 0 Å². The van der Waals surface area contributed by atoms with Crippen molar-refractivity contribution in [2.24, 2.45) is 0 Å². The van der Waals surface area contributed by atoms with Crippen molar-refractivity contribution in [3.8, 4) is 5.75 Å². The molecule has 0 saturated carbocycles. The van der Waals surface area contributed by atoms with E-state index in [1.54, 1.807) is 12.1 Å². The Morgan fingerprint density at radius 3 is 2.12 bits per heavy atom. The van der Waals surface area contributed by atoms with Crippen LogP contribution in [0, 0.1) is 0 Å². The van der Waals surface area contributed by atoms with Crippen molar-refractivity contribution in [2.45, 2.75) is 39.2 Å². The third-order valence-electron chi connectivity index (χ3n) is 3.62. The van der Waals surface area contributed by atoms with Gasteiger partial charge in [-0.05, 0) is 37.1 Å².